The van der Waals surface area contributed by atoms with Crippen molar-refractivity contribution < 1.29 is 32.6 Å². The molecule has 0 radical (unpaired) electrons. The average molecular weight is 466 g/mol. The first-order valence-electron chi connectivity index (χ1n) is 8.72. The van der Waals surface area contributed by atoms with Crippen molar-refractivity contribution in [3.8, 4) is 5.75 Å². The van der Waals surface area contributed by atoms with E-state index in [9.17, 15) is 9.36 Å². The third-order valence-corrected chi connectivity index (χ3v) is 5.88. The van der Waals surface area contributed by atoms with Crippen LogP contribution in [-0.4, -0.2) is 44.2 Å². The molecule has 0 aliphatic carbocycles. The molecule has 0 aromatic heterocycles. The van der Waals surface area contributed by atoms with E-state index in [4.69, 9.17) is 23.3 Å². The molecule has 152 valence electrons. The van der Waals surface area contributed by atoms with Crippen molar-refractivity contribution in [2.24, 2.45) is 0 Å². The molecule has 1 heterocycles. The van der Waals surface area contributed by atoms with Gasteiger partial charge in [0.2, 0.25) is 0 Å². The largest absolute Gasteiger partial charge is 0.462 e. The van der Waals surface area contributed by atoms with Crippen molar-refractivity contribution in [3.05, 3.63) is 28.7 Å². The van der Waals surface area contributed by atoms with Crippen molar-refractivity contribution in [1.82, 2.24) is 5.09 Å². The zero-order valence-electron chi connectivity index (χ0n) is 15.6. The fraction of sp³-hybridized carbons (Fsp3) is 0.588. The predicted molar refractivity (Wildman–Crippen MR) is 102 cm³/mol. The molecule has 1 saturated heterocycles. The van der Waals surface area contributed by atoms with E-state index < -0.39 is 26.0 Å². The molecule has 1 N–H and O–H groups in total. The minimum atomic E-state index is -3.90. The number of carbonyl (C=O) groups excluding carboxylic acids is 1. The van der Waals surface area contributed by atoms with Crippen LogP contribution in [0, 0.1) is 0 Å². The molecule has 1 aliphatic rings. The Balaban J connectivity index is 2.05. The monoisotopic (exact) mass is 465 g/mol. The van der Waals surface area contributed by atoms with Gasteiger partial charge in [-0.15, -0.1) is 0 Å². The molecule has 1 aromatic carbocycles. The van der Waals surface area contributed by atoms with Gasteiger partial charge in [-0.2, -0.15) is 5.09 Å². The Morgan fingerprint density at radius 1 is 1.30 bits per heavy atom. The maximum absolute atomic E-state index is 13.2. The lowest BCUT2D eigenvalue weighted by Gasteiger charge is -2.24. The lowest BCUT2D eigenvalue weighted by molar-refractivity contribution is -0.150. The number of hydrogen-bond acceptors (Lipinski definition) is 7. The van der Waals surface area contributed by atoms with Crippen LogP contribution in [0.15, 0.2) is 28.7 Å². The van der Waals surface area contributed by atoms with E-state index in [1.807, 2.05) is 6.92 Å². The average Bonchev–Trinajstić information content (AvgIpc) is 3.15. The highest BCUT2D eigenvalue weighted by Crippen LogP contribution is 2.45. The molecule has 3 atom stereocenters. The van der Waals surface area contributed by atoms with E-state index in [1.54, 1.807) is 31.2 Å². The summed E-state index contributed by atoms with van der Waals surface area (Å²) in [5, 5.41) is 2.62. The van der Waals surface area contributed by atoms with Crippen molar-refractivity contribution in [2.75, 3.05) is 19.8 Å². The number of rotatable bonds is 10. The molecule has 8 nitrogen and oxygen atoms in total. The number of nitrogens with one attached hydrogen (secondary N) is 1. The van der Waals surface area contributed by atoms with Crippen LogP contribution in [0.25, 0.3) is 0 Å². The third kappa shape index (κ3) is 7.52. The van der Waals surface area contributed by atoms with Crippen LogP contribution in [0.1, 0.15) is 27.2 Å². The van der Waals surface area contributed by atoms with E-state index in [1.165, 1.54) is 6.92 Å². The first kappa shape index (κ1) is 22.3. The van der Waals surface area contributed by atoms with Crippen molar-refractivity contribution in [1.29, 1.82) is 0 Å². The van der Waals surface area contributed by atoms with Gasteiger partial charge in [0.25, 0.3) is 0 Å². The van der Waals surface area contributed by atoms with Crippen LogP contribution in [0.2, 0.25) is 0 Å². The Labute approximate surface area is 167 Å². The highest BCUT2D eigenvalue weighted by molar-refractivity contribution is 9.10. The Morgan fingerprint density at radius 3 is 2.52 bits per heavy atom. The second kappa shape index (κ2) is 10.5. The number of hydrogen-bond donors (Lipinski definition) is 1. The molecule has 1 unspecified atom stereocenters. The van der Waals surface area contributed by atoms with Gasteiger partial charge in [-0.05, 0) is 44.5 Å². The Kier molecular flexibility index (Phi) is 8.72. The van der Waals surface area contributed by atoms with E-state index in [-0.39, 0.29) is 12.7 Å². The summed E-state index contributed by atoms with van der Waals surface area (Å²) in [7, 11) is -3.90. The van der Waals surface area contributed by atoms with E-state index in [0.29, 0.717) is 25.4 Å². The molecule has 27 heavy (non-hydrogen) atoms. The fourth-order valence-corrected chi connectivity index (χ4v) is 3.80. The third-order valence-electron chi connectivity index (χ3n) is 3.71. The van der Waals surface area contributed by atoms with Crippen LogP contribution in [0.4, 0.5) is 0 Å². The van der Waals surface area contributed by atoms with Gasteiger partial charge in [0.1, 0.15) is 18.4 Å². The highest BCUT2D eigenvalue weighted by atomic mass is 79.9. The fourth-order valence-electron chi connectivity index (χ4n) is 2.06. The summed E-state index contributed by atoms with van der Waals surface area (Å²) in [6.45, 7) is 6.01. The van der Waals surface area contributed by atoms with Crippen molar-refractivity contribution >= 4 is 29.6 Å². The molecular formula is C17H25BrNO7P. The van der Waals surface area contributed by atoms with Crippen LogP contribution in [-0.2, 0) is 28.1 Å². The summed E-state index contributed by atoms with van der Waals surface area (Å²) >= 11 is 3.32. The topological polar surface area (TPSA) is 92.3 Å². The van der Waals surface area contributed by atoms with E-state index in [2.05, 4.69) is 21.0 Å². The number of halogens is 1. The van der Waals surface area contributed by atoms with Crippen molar-refractivity contribution in [3.63, 3.8) is 0 Å². The summed E-state index contributed by atoms with van der Waals surface area (Å²) in [6.07, 6.45) is -0.191. The van der Waals surface area contributed by atoms with Gasteiger partial charge in [-0.1, -0.05) is 22.9 Å². The van der Waals surface area contributed by atoms with Crippen LogP contribution >= 0.6 is 23.7 Å². The summed E-state index contributed by atoms with van der Waals surface area (Å²) in [5.41, 5.74) is 0. The highest BCUT2D eigenvalue weighted by Gasteiger charge is 2.34. The van der Waals surface area contributed by atoms with Crippen LogP contribution in [0.5, 0.6) is 5.75 Å². The quantitative estimate of drug-likeness (QED) is 0.413. The molecule has 1 aliphatic heterocycles. The van der Waals surface area contributed by atoms with Gasteiger partial charge in [0, 0.05) is 4.47 Å². The zero-order valence-corrected chi connectivity index (χ0v) is 18.0. The number of benzene rings is 1. The van der Waals surface area contributed by atoms with Gasteiger partial charge in [-0.25, -0.2) is 4.57 Å². The van der Waals surface area contributed by atoms with Gasteiger partial charge in [0.05, 0.1) is 19.3 Å². The molecule has 10 heteroatoms. The van der Waals surface area contributed by atoms with Crippen molar-refractivity contribution in [2.45, 2.75) is 45.6 Å². The standard InChI is InChI=1S/C17H25BrNO7P/c1-4-12(2)25-17(20)13(3)19-27(21,24-11-16-22-9-10-23-16)26-15-7-5-14(18)6-8-15/h5-8,12-13,16H,4,9-11H2,1-3H3,(H,19,21)/t12-,13+,27?/m1/s1. The summed E-state index contributed by atoms with van der Waals surface area (Å²) in [6, 6.07) is 5.84. The second-order valence-corrected chi connectivity index (χ2v) is 8.63. The number of ether oxygens (including phenoxy) is 3. The SMILES string of the molecule is CC[C@@H](C)OC(=O)[C@H](C)NP(=O)(OCC1OCCO1)Oc1ccc(Br)cc1. The van der Waals surface area contributed by atoms with E-state index in [0.717, 1.165) is 4.47 Å². The maximum Gasteiger partial charge on any atom is 0.459 e. The normalized spacial score (nSPS) is 19.3. The number of carbonyl (C=O) groups is 1. The molecule has 1 aromatic rings. The number of esters is 1. The molecule has 0 bridgehead atoms. The Hall–Kier alpha value is -0.960. The Bertz CT molecular complexity index is 651. The molecule has 2 rings (SSSR count). The molecular weight excluding hydrogens is 441 g/mol. The smallest absolute Gasteiger partial charge is 0.459 e. The second-order valence-electron chi connectivity index (χ2n) is 6.02. The van der Waals surface area contributed by atoms with Gasteiger partial charge in [0.15, 0.2) is 6.29 Å². The minimum Gasteiger partial charge on any atom is -0.462 e. The first-order valence-corrected chi connectivity index (χ1v) is 11.1. The molecule has 0 amide bonds. The summed E-state index contributed by atoms with van der Waals surface area (Å²) in [4.78, 5) is 12.2. The lowest BCUT2D eigenvalue weighted by atomic mass is 10.3. The minimum absolute atomic E-state index is 0.103. The lowest BCUT2D eigenvalue weighted by Crippen LogP contribution is -2.37. The van der Waals surface area contributed by atoms with Crippen LogP contribution in [0.3, 0.4) is 0 Å². The van der Waals surface area contributed by atoms with Crippen LogP contribution < -0.4 is 9.61 Å². The van der Waals surface area contributed by atoms with E-state index >= 15 is 0 Å². The Morgan fingerprint density at radius 2 is 1.93 bits per heavy atom. The predicted octanol–water partition coefficient (Wildman–Crippen LogP) is 3.65. The molecule has 0 spiro atoms. The zero-order chi connectivity index (χ0) is 19.9. The molecule has 0 saturated carbocycles. The first-order chi connectivity index (χ1) is 12.8. The summed E-state index contributed by atoms with van der Waals surface area (Å²) < 4.78 is 40.9. The van der Waals surface area contributed by atoms with Gasteiger partial charge >= 0.3 is 13.7 Å². The van der Waals surface area contributed by atoms with Gasteiger partial charge < -0.3 is 18.7 Å². The maximum atomic E-state index is 13.2. The molecule has 1 fully saturated rings. The van der Waals surface area contributed by atoms with Gasteiger partial charge in [-0.3, -0.25) is 9.32 Å². The summed E-state index contributed by atoms with van der Waals surface area (Å²) in [5.74, 6) is -0.217.